The lowest BCUT2D eigenvalue weighted by molar-refractivity contribution is 0.0878. The van der Waals surface area contributed by atoms with Gasteiger partial charge in [-0.2, -0.15) is 0 Å². The molecule has 1 heteroatoms. The predicted octanol–water partition coefficient (Wildman–Crippen LogP) is 4.51. The molecule has 0 bridgehead atoms. The molecule has 2 rings (SSSR count). The van der Waals surface area contributed by atoms with Gasteiger partial charge in [-0.05, 0) is 49.8 Å². The number of piperidine rings is 1. The summed E-state index contributed by atoms with van der Waals surface area (Å²) < 4.78 is 0. The highest BCUT2D eigenvalue weighted by atomic mass is 15.2. The van der Waals surface area contributed by atoms with Crippen LogP contribution < -0.4 is 0 Å². The molecule has 1 aliphatic heterocycles. The monoisotopic (exact) mass is 245 g/mol. The van der Waals surface area contributed by atoms with Gasteiger partial charge in [-0.25, -0.2) is 0 Å². The van der Waals surface area contributed by atoms with Crippen LogP contribution in [-0.4, -0.2) is 18.0 Å². The highest BCUT2D eigenvalue weighted by molar-refractivity contribution is 5.18. The Labute approximate surface area is 112 Å². The van der Waals surface area contributed by atoms with Crippen LogP contribution >= 0.6 is 0 Å². The van der Waals surface area contributed by atoms with Gasteiger partial charge in [-0.3, -0.25) is 4.90 Å². The minimum absolute atomic E-state index is 0.474. The third-order valence-corrected chi connectivity index (χ3v) is 4.58. The molecule has 0 aromatic heterocycles. The van der Waals surface area contributed by atoms with Crippen LogP contribution in [0.1, 0.15) is 52.1 Å². The normalized spacial score (nSPS) is 20.9. The number of hydrogen-bond donors (Lipinski definition) is 0. The maximum absolute atomic E-state index is 2.64. The van der Waals surface area contributed by atoms with Crippen molar-refractivity contribution in [2.24, 2.45) is 11.3 Å². The predicted molar refractivity (Wildman–Crippen MR) is 78.6 cm³/mol. The lowest BCUT2D eigenvalue weighted by atomic mass is 9.75. The summed E-state index contributed by atoms with van der Waals surface area (Å²) in [5, 5.41) is 0. The zero-order valence-corrected chi connectivity index (χ0v) is 12.3. The molecule has 0 spiro atoms. The first-order valence-corrected chi connectivity index (χ1v) is 7.27. The number of benzene rings is 1. The number of nitrogens with zero attached hydrogens (tertiary/aromatic N) is 1. The third-order valence-electron chi connectivity index (χ3n) is 4.58. The quantitative estimate of drug-likeness (QED) is 0.741. The van der Waals surface area contributed by atoms with Crippen molar-refractivity contribution in [3.8, 4) is 0 Å². The second-order valence-corrected chi connectivity index (χ2v) is 6.76. The molecule has 0 saturated carbocycles. The maximum atomic E-state index is 2.64. The van der Waals surface area contributed by atoms with E-state index < -0.39 is 0 Å². The number of hydrogen-bond acceptors (Lipinski definition) is 1. The van der Waals surface area contributed by atoms with Crippen molar-refractivity contribution in [3.05, 3.63) is 35.9 Å². The van der Waals surface area contributed by atoms with Gasteiger partial charge < -0.3 is 0 Å². The molecule has 100 valence electrons. The molecule has 1 aromatic rings. The van der Waals surface area contributed by atoms with Crippen LogP contribution in [0.25, 0.3) is 0 Å². The van der Waals surface area contributed by atoms with Crippen LogP contribution in [0, 0.1) is 11.3 Å². The summed E-state index contributed by atoms with van der Waals surface area (Å²) in [7, 11) is 0. The van der Waals surface area contributed by atoms with Gasteiger partial charge in [0.2, 0.25) is 0 Å². The van der Waals surface area contributed by atoms with E-state index in [1.165, 1.54) is 31.5 Å². The molecule has 1 atom stereocenters. The van der Waals surface area contributed by atoms with Crippen molar-refractivity contribution < 1.29 is 0 Å². The fourth-order valence-corrected chi connectivity index (χ4v) is 3.10. The Bertz CT molecular complexity index is 355. The Morgan fingerprint density at radius 1 is 1.06 bits per heavy atom. The topological polar surface area (TPSA) is 3.24 Å². The first kappa shape index (κ1) is 13.6. The van der Waals surface area contributed by atoms with Gasteiger partial charge in [0.25, 0.3) is 0 Å². The average molecular weight is 245 g/mol. The summed E-state index contributed by atoms with van der Waals surface area (Å²) in [6, 6.07) is 11.5. The van der Waals surface area contributed by atoms with Gasteiger partial charge in [0.1, 0.15) is 0 Å². The van der Waals surface area contributed by atoms with E-state index in [0.717, 1.165) is 5.92 Å². The first-order valence-electron chi connectivity index (χ1n) is 7.27. The smallest absolute Gasteiger partial charge is 0.0319 e. The van der Waals surface area contributed by atoms with Crippen molar-refractivity contribution in [3.63, 3.8) is 0 Å². The molecule has 1 heterocycles. The van der Waals surface area contributed by atoms with Gasteiger partial charge in [0.15, 0.2) is 0 Å². The molecule has 1 nitrogen and oxygen atoms in total. The molecular weight excluding hydrogens is 218 g/mol. The van der Waals surface area contributed by atoms with Crippen molar-refractivity contribution in [1.29, 1.82) is 0 Å². The van der Waals surface area contributed by atoms with Crippen LogP contribution in [0.15, 0.2) is 30.3 Å². The molecule has 0 amide bonds. The van der Waals surface area contributed by atoms with Crippen LogP contribution in [0.4, 0.5) is 0 Å². The lowest BCUT2D eigenvalue weighted by Gasteiger charge is -2.41. The summed E-state index contributed by atoms with van der Waals surface area (Å²) in [6.07, 6.45) is 2.70. The average Bonchev–Trinajstić information content (AvgIpc) is 2.38. The summed E-state index contributed by atoms with van der Waals surface area (Å²) in [5.41, 5.74) is 1.92. The van der Waals surface area contributed by atoms with Crippen molar-refractivity contribution in [2.45, 2.75) is 46.6 Å². The van der Waals surface area contributed by atoms with Crippen molar-refractivity contribution in [2.75, 3.05) is 13.1 Å². The maximum Gasteiger partial charge on any atom is 0.0319 e. The highest BCUT2D eigenvalue weighted by Crippen LogP contribution is 2.36. The summed E-state index contributed by atoms with van der Waals surface area (Å²) in [6.45, 7) is 12.0. The second kappa shape index (κ2) is 5.44. The van der Waals surface area contributed by atoms with Crippen LogP contribution in [0.3, 0.4) is 0 Å². The Balaban J connectivity index is 1.94. The van der Waals surface area contributed by atoms with Crippen LogP contribution in [-0.2, 0) is 0 Å². The fraction of sp³-hybridized carbons (Fsp3) is 0.647. The summed E-state index contributed by atoms with van der Waals surface area (Å²) >= 11 is 0. The molecule has 1 aliphatic rings. The summed E-state index contributed by atoms with van der Waals surface area (Å²) in [4.78, 5) is 2.64. The van der Waals surface area contributed by atoms with Crippen molar-refractivity contribution >= 4 is 0 Å². The molecule has 1 unspecified atom stereocenters. The standard InChI is InChI=1S/C17H27N/c1-14(15-8-6-5-7-9-15)18-12-10-16(11-13-18)17(2,3)4/h5-9,14,16H,10-13H2,1-4H3. The van der Waals surface area contributed by atoms with Crippen molar-refractivity contribution in [1.82, 2.24) is 4.90 Å². The second-order valence-electron chi connectivity index (χ2n) is 6.76. The van der Waals surface area contributed by atoms with E-state index in [1.807, 2.05) is 0 Å². The Kier molecular flexibility index (Phi) is 4.11. The summed E-state index contributed by atoms with van der Waals surface area (Å²) in [5.74, 6) is 0.886. The lowest BCUT2D eigenvalue weighted by Crippen LogP contribution is -2.39. The van der Waals surface area contributed by atoms with Crippen LogP contribution in [0.2, 0.25) is 0 Å². The Hall–Kier alpha value is -0.820. The van der Waals surface area contributed by atoms with E-state index in [-0.39, 0.29) is 0 Å². The molecule has 18 heavy (non-hydrogen) atoms. The fourth-order valence-electron chi connectivity index (χ4n) is 3.10. The van der Waals surface area contributed by atoms with E-state index in [1.54, 1.807) is 0 Å². The molecule has 1 fully saturated rings. The number of rotatable bonds is 2. The zero-order valence-electron chi connectivity index (χ0n) is 12.3. The van der Waals surface area contributed by atoms with E-state index >= 15 is 0 Å². The first-order chi connectivity index (χ1) is 8.48. The SMILES string of the molecule is CC(c1ccccc1)N1CCC(C(C)(C)C)CC1. The van der Waals surface area contributed by atoms with E-state index in [0.29, 0.717) is 11.5 Å². The van der Waals surface area contributed by atoms with Crippen LogP contribution in [0.5, 0.6) is 0 Å². The minimum atomic E-state index is 0.474. The largest absolute Gasteiger partial charge is 0.297 e. The molecule has 1 aromatic carbocycles. The Morgan fingerprint density at radius 2 is 1.61 bits per heavy atom. The van der Waals surface area contributed by atoms with E-state index in [2.05, 4.69) is 62.9 Å². The van der Waals surface area contributed by atoms with E-state index in [9.17, 15) is 0 Å². The van der Waals surface area contributed by atoms with Gasteiger partial charge in [0, 0.05) is 6.04 Å². The molecule has 1 saturated heterocycles. The number of likely N-dealkylation sites (tertiary alicyclic amines) is 1. The highest BCUT2D eigenvalue weighted by Gasteiger charge is 2.30. The zero-order chi connectivity index (χ0) is 13.2. The molecular formula is C17H27N. The molecule has 0 aliphatic carbocycles. The molecule has 0 N–H and O–H groups in total. The van der Waals surface area contributed by atoms with Gasteiger partial charge in [-0.15, -0.1) is 0 Å². The van der Waals surface area contributed by atoms with Gasteiger partial charge >= 0.3 is 0 Å². The minimum Gasteiger partial charge on any atom is -0.297 e. The van der Waals surface area contributed by atoms with Gasteiger partial charge in [-0.1, -0.05) is 51.1 Å². The third kappa shape index (κ3) is 3.14. The molecule has 0 radical (unpaired) electrons. The van der Waals surface area contributed by atoms with E-state index in [4.69, 9.17) is 0 Å². The van der Waals surface area contributed by atoms with Gasteiger partial charge in [0.05, 0.1) is 0 Å². The Morgan fingerprint density at radius 3 is 2.11 bits per heavy atom.